The average Bonchev–Trinajstić information content (AvgIpc) is 2.27. The average molecular weight is 239 g/mol. The van der Waals surface area contributed by atoms with Gasteiger partial charge in [-0.1, -0.05) is 34.6 Å². The third kappa shape index (κ3) is 4.28. The summed E-state index contributed by atoms with van der Waals surface area (Å²) in [5.41, 5.74) is 5.98. The highest BCUT2D eigenvalue weighted by molar-refractivity contribution is 4.85. The molecule has 17 heavy (non-hydrogen) atoms. The highest BCUT2D eigenvalue weighted by Gasteiger charge is 2.34. The summed E-state index contributed by atoms with van der Waals surface area (Å²) in [7, 11) is 0. The zero-order valence-electron chi connectivity index (χ0n) is 12.6. The SMILES string of the molecule is CC(C)CC(C)C1CC(C(C)C)CCC1CN. The van der Waals surface area contributed by atoms with Gasteiger partial charge < -0.3 is 5.73 Å². The van der Waals surface area contributed by atoms with E-state index in [2.05, 4.69) is 34.6 Å². The van der Waals surface area contributed by atoms with Crippen molar-refractivity contribution in [3.8, 4) is 0 Å². The van der Waals surface area contributed by atoms with Gasteiger partial charge in [0.15, 0.2) is 0 Å². The quantitative estimate of drug-likeness (QED) is 0.760. The summed E-state index contributed by atoms with van der Waals surface area (Å²) in [6, 6.07) is 0. The maximum atomic E-state index is 5.98. The lowest BCUT2D eigenvalue weighted by molar-refractivity contribution is 0.0996. The second-order valence-electron chi connectivity index (χ2n) is 7.08. The molecular formula is C16H33N. The molecule has 1 nitrogen and oxygen atoms in total. The molecular weight excluding hydrogens is 206 g/mol. The Morgan fingerprint density at radius 3 is 2.18 bits per heavy atom. The first-order valence-electron chi connectivity index (χ1n) is 7.65. The van der Waals surface area contributed by atoms with Gasteiger partial charge in [-0.3, -0.25) is 0 Å². The van der Waals surface area contributed by atoms with Gasteiger partial charge in [0.2, 0.25) is 0 Å². The molecule has 1 aliphatic rings. The Morgan fingerprint density at radius 2 is 1.71 bits per heavy atom. The van der Waals surface area contributed by atoms with E-state index in [4.69, 9.17) is 5.73 Å². The van der Waals surface area contributed by atoms with Crippen LogP contribution in [0.3, 0.4) is 0 Å². The normalized spacial score (nSPS) is 32.1. The number of hydrogen-bond donors (Lipinski definition) is 1. The standard InChI is InChI=1S/C16H33N/c1-11(2)8-13(5)16-9-14(12(3)4)6-7-15(16)10-17/h11-16H,6-10,17H2,1-5H3. The van der Waals surface area contributed by atoms with Gasteiger partial charge in [0.25, 0.3) is 0 Å². The van der Waals surface area contributed by atoms with Crippen LogP contribution in [0.25, 0.3) is 0 Å². The van der Waals surface area contributed by atoms with Crippen molar-refractivity contribution < 1.29 is 0 Å². The van der Waals surface area contributed by atoms with Crippen LogP contribution in [0.5, 0.6) is 0 Å². The largest absolute Gasteiger partial charge is 0.330 e. The topological polar surface area (TPSA) is 26.0 Å². The summed E-state index contributed by atoms with van der Waals surface area (Å²) < 4.78 is 0. The summed E-state index contributed by atoms with van der Waals surface area (Å²) in [5, 5.41) is 0. The van der Waals surface area contributed by atoms with Crippen molar-refractivity contribution in [2.24, 2.45) is 41.2 Å². The first-order chi connectivity index (χ1) is 7.95. The second kappa shape index (κ2) is 6.78. The summed E-state index contributed by atoms with van der Waals surface area (Å²) in [6.45, 7) is 12.8. The van der Waals surface area contributed by atoms with Crippen molar-refractivity contribution >= 4 is 0 Å². The van der Waals surface area contributed by atoms with Crippen molar-refractivity contribution in [3.63, 3.8) is 0 Å². The molecule has 1 aliphatic carbocycles. The fourth-order valence-corrected chi connectivity index (χ4v) is 3.82. The van der Waals surface area contributed by atoms with Gasteiger partial charge in [0.1, 0.15) is 0 Å². The van der Waals surface area contributed by atoms with E-state index in [1.165, 1.54) is 25.7 Å². The summed E-state index contributed by atoms with van der Waals surface area (Å²) in [5.74, 6) is 5.13. The lowest BCUT2D eigenvalue weighted by atomic mass is 9.65. The number of nitrogens with two attached hydrogens (primary N) is 1. The Kier molecular flexibility index (Phi) is 5.99. The maximum absolute atomic E-state index is 5.98. The number of hydrogen-bond acceptors (Lipinski definition) is 1. The van der Waals surface area contributed by atoms with E-state index in [0.717, 1.165) is 42.1 Å². The van der Waals surface area contributed by atoms with Crippen molar-refractivity contribution in [3.05, 3.63) is 0 Å². The van der Waals surface area contributed by atoms with E-state index >= 15 is 0 Å². The van der Waals surface area contributed by atoms with E-state index in [1.807, 2.05) is 0 Å². The molecule has 0 amide bonds. The third-order valence-corrected chi connectivity index (χ3v) is 4.91. The molecule has 4 atom stereocenters. The molecule has 0 aromatic carbocycles. The minimum absolute atomic E-state index is 0.791. The monoisotopic (exact) mass is 239 g/mol. The fraction of sp³-hybridized carbons (Fsp3) is 1.00. The highest BCUT2D eigenvalue weighted by Crippen LogP contribution is 2.42. The Bertz CT molecular complexity index is 210. The summed E-state index contributed by atoms with van der Waals surface area (Å²) in [6.07, 6.45) is 5.57. The van der Waals surface area contributed by atoms with E-state index < -0.39 is 0 Å². The van der Waals surface area contributed by atoms with Crippen LogP contribution in [0.15, 0.2) is 0 Å². The molecule has 0 aromatic heterocycles. The van der Waals surface area contributed by atoms with Gasteiger partial charge in [-0.2, -0.15) is 0 Å². The smallest absolute Gasteiger partial charge is 0.00461 e. The van der Waals surface area contributed by atoms with E-state index in [-0.39, 0.29) is 0 Å². The van der Waals surface area contributed by atoms with Crippen molar-refractivity contribution in [2.45, 2.75) is 60.3 Å². The molecule has 0 radical (unpaired) electrons. The van der Waals surface area contributed by atoms with Gasteiger partial charge in [0.05, 0.1) is 0 Å². The van der Waals surface area contributed by atoms with E-state index in [0.29, 0.717) is 0 Å². The summed E-state index contributed by atoms with van der Waals surface area (Å²) >= 11 is 0. The second-order valence-corrected chi connectivity index (χ2v) is 7.08. The van der Waals surface area contributed by atoms with Gasteiger partial charge in [-0.25, -0.2) is 0 Å². The van der Waals surface area contributed by atoms with Crippen molar-refractivity contribution in [1.82, 2.24) is 0 Å². The molecule has 0 heterocycles. The molecule has 2 N–H and O–H groups in total. The van der Waals surface area contributed by atoms with Crippen LogP contribution in [0.1, 0.15) is 60.3 Å². The van der Waals surface area contributed by atoms with Crippen LogP contribution in [0, 0.1) is 35.5 Å². The predicted molar refractivity (Wildman–Crippen MR) is 76.8 cm³/mol. The van der Waals surface area contributed by atoms with Gasteiger partial charge in [-0.15, -0.1) is 0 Å². The lowest BCUT2D eigenvalue weighted by Crippen LogP contribution is -2.35. The van der Waals surface area contributed by atoms with Crippen LogP contribution < -0.4 is 5.73 Å². The van der Waals surface area contributed by atoms with Crippen molar-refractivity contribution in [1.29, 1.82) is 0 Å². The van der Waals surface area contributed by atoms with Crippen LogP contribution in [0.2, 0.25) is 0 Å². The Hall–Kier alpha value is -0.0400. The summed E-state index contributed by atoms with van der Waals surface area (Å²) in [4.78, 5) is 0. The molecule has 1 heteroatoms. The first kappa shape index (κ1) is 15.0. The van der Waals surface area contributed by atoms with Gasteiger partial charge in [-0.05, 0) is 67.7 Å². The molecule has 0 aliphatic heterocycles. The zero-order chi connectivity index (χ0) is 13.0. The molecule has 102 valence electrons. The van der Waals surface area contributed by atoms with E-state index in [9.17, 15) is 0 Å². The molecule has 0 aromatic rings. The Labute approximate surface area is 109 Å². The number of rotatable bonds is 5. The first-order valence-corrected chi connectivity index (χ1v) is 7.65. The van der Waals surface area contributed by atoms with Crippen LogP contribution >= 0.6 is 0 Å². The molecule has 1 rings (SSSR count). The van der Waals surface area contributed by atoms with Gasteiger partial charge >= 0.3 is 0 Å². The highest BCUT2D eigenvalue weighted by atomic mass is 14.6. The minimum Gasteiger partial charge on any atom is -0.330 e. The molecule has 4 unspecified atom stereocenters. The lowest BCUT2D eigenvalue weighted by Gasteiger charge is -2.41. The van der Waals surface area contributed by atoms with Gasteiger partial charge in [0, 0.05) is 0 Å². The molecule has 0 bridgehead atoms. The molecule has 0 saturated heterocycles. The fourth-order valence-electron chi connectivity index (χ4n) is 3.82. The van der Waals surface area contributed by atoms with Crippen LogP contribution in [-0.2, 0) is 0 Å². The zero-order valence-corrected chi connectivity index (χ0v) is 12.6. The van der Waals surface area contributed by atoms with Crippen molar-refractivity contribution in [2.75, 3.05) is 6.54 Å². The molecule has 1 fully saturated rings. The maximum Gasteiger partial charge on any atom is -0.00461 e. The van der Waals surface area contributed by atoms with E-state index in [1.54, 1.807) is 0 Å². The predicted octanol–water partition coefficient (Wildman–Crippen LogP) is 4.32. The van der Waals surface area contributed by atoms with Crippen LogP contribution in [0.4, 0.5) is 0 Å². The molecule has 1 saturated carbocycles. The third-order valence-electron chi connectivity index (χ3n) is 4.91. The minimum atomic E-state index is 0.791. The Balaban J connectivity index is 2.62. The van der Waals surface area contributed by atoms with Crippen LogP contribution in [-0.4, -0.2) is 6.54 Å². The molecule has 0 spiro atoms. The Morgan fingerprint density at radius 1 is 1.06 bits per heavy atom.